The van der Waals surface area contributed by atoms with E-state index in [0.29, 0.717) is 17.8 Å². The highest BCUT2D eigenvalue weighted by atomic mass is 35.5. The van der Waals surface area contributed by atoms with Crippen LogP contribution in [-0.2, 0) is 6.42 Å². The van der Waals surface area contributed by atoms with Gasteiger partial charge in [0.2, 0.25) is 0 Å². The summed E-state index contributed by atoms with van der Waals surface area (Å²) in [6, 6.07) is 12.0. The molecule has 1 heterocycles. The topological polar surface area (TPSA) is 54.7 Å². The summed E-state index contributed by atoms with van der Waals surface area (Å²) in [6.45, 7) is 4.21. The van der Waals surface area contributed by atoms with Crippen molar-refractivity contribution in [3.63, 3.8) is 0 Å². The normalized spacial score (nSPS) is 12.1. The third-order valence-corrected chi connectivity index (χ3v) is 3.86. The van der Waals surface area contributed by atoms with E-state index in [9.17, 15) is 5.26 Å². The molecule has 0 saturated heterocycles. The first kappa shape index (κ1) is 14.5. The largest absolute Gasteiger partial charge is 0.397 e. The Morgan fingerprint density at radius 2 is 2.00 bits per heavy atom. The van der Waals surface area contributed by atoms with E-state index < -0.39 is 0 Å². The number of nitriles is 1. The Morgan fingerprint density at radius 1 is 1.35 bits per heavy atom. The third-order valence-electron chi connectivity index (χ3n) is 3.61. The van der Waals surface area contributed by atoms with Crippen LogP contribution < -0.4 is 5.73 Å². The minimum absolute atomic E-state index is 0.254. The highest BCUT2D eigenvalue weighted by Gasteiger charge is 2.17. The number of nitrogen functional groups attached to an aromatic ring is 1. The maximum atomic E-state index is 9.26. The number of aromatic nitrogens is 1. The van der Waals surface area contributed by atoms with Crippen molar-refractivity contribution in [3.8, 4) is 6.07 Å². The summed E-state index contributed by atoms with van der Waals surface area (Å²) in [5.41, 5.74) is 9.52. The maximum Gasteiger partial charge on any atom is 0.122 e. The quantitative estimate of drug-likeness (QED) is 0.918. The molecule has 4 heteroatoms. The number of benzene rings is 1. The molecule has 0 radical (unpaired) electrons. The molecule has 0 saturated carbocycles. The second-order valence-corrected chi connectivity index (χ2v) is 5.41. The highest BCUT2D eigenvalue weighted by molar-refractivity contribution is 6.30. The molecule has 0 amide bonds. The van der Waals surface area contributed by atoms with E-state index in [2.05, 4.69) is 19.9 Å². The van der Waals surface area contributed by atoms with E-state index in [1.165, 1.54) is 0 Å². The zero-order valence-corrected chi connectivity index (χ0v) is 12.5. The maximum absolute atomic E-state index is 9.26. The van der Waals surface area contributed by atoms with Gasteiger partial charge in [0.1, 0.15) is 11.8 Å². The van der Waals surface area contributed by atoms with Gasteiger partial charge in [-0.1, -0.05) is 30.7 Å². The molecule has 0 aliphatic heterocycles. The molecule has 2 aromatic rings. The molecule has 1 aromatic heterocycles. The fourth-order valence-corrected chi connectivity index (χ4v) is 2.47. The summed E-state index contributed by atoms with van der Waals surface area (Å²) in [4.78, 5) is 0. The molecule has 2 N–H and O–H groups in total. The Hall–Kier alpha value is -1.92. The second kappa shape index (κ2) is 6.02. The number of halogens is 1. The van der Waals surface area contributed by atoms with Crippen molar-refractivity contribution in [2.75, 3.05) is 5.73 Å². The zero-order chi connectivity index (χ0) is 14.7. The van der Waals surface area contributed by atoms with Crippen molar-refractivity contribution in [2.24, 2.45) is 0 Å². The van der Waals surface area contributed by atoms with Crippen LogP contribution in [0.25, 0.3) is 0 Å². The van der Waals surface area contributed by atoms with Gasteiger partial charge in [0.05, 0.1) is 5.69 Å². The van der Waals surface area contributed by atoms with Gasteiger partial charge in [-0.3, -0.25) is 0 Å². The lowest BCUT2D eigenvalue weighted by atomic mass is 10.1. The van der Waals surface area contributed by atoms with Gasteiger partial charge < -0.3 is 10.3 Å². The Bertz CT molecular complexity index is 635. The molecule has 0 bridgehead atoms. The van der Waals surface area contributed by atoms with E-state index in [1.807, 2.05) is 28.8 Å². The van der Waals surface area contributed by atoms with Crippen molar-refractivity contribution in [2.45, 2.75) is 32.7 Å². The average Bonchev–Trinajstić information content (AvgIpc) is 2.77. The minimum atomic E-state index is 0.254. The number of anilines is 1. The van der Waals surface area contributed by atoms with E-state index >= 15 is 0 Å². The van der Waals surface area contributed by atoms with E-state index in [1.54, 1.807) is 6.07 Å². The van der Waals surface area contributed by atoms with Gasteiger partial charge in [-0.15, -0.1) is 0 Å². The molecule has 0 aliphatic carbocycles. The van der Waals surface area contributed by atoms with Crippen LogP contribution in [-0.4, -0.2) is 4.57 Å². The Morgan fingerprint density at radius 3 is 2.55 bits per heavy atom. The monoisotopic (exact) mass is 287 g/mol. The van der Waals surface area contributed by atoms with Crippen molar-refractivity contribution in [3.05, 3.63) is 52.3 Å². The van der Waals surface area contributed by atoms with Gasteiger partial charge in [-0.25, -0.2) is 0 Å². The van der Waals surface area contributed by atoms with Gasteiger partial charge in [0.15, 0.2) is 0 Å². The van der Waals surface area contributed by atoms with Gasteiger partial charge in [0, 0.05) is 23.2 Å². The predicted molar refractivity (Wildman–Crippen MR) is 82.8 cm³/mol. The summed E-state index contributed by atoms with van der Waals surface area (Å²) in [6.07, 6.45) is 1.66. The molecule has 3 nitrogen and oxygen atoms in total. The first-order valence-corrected chi connectivity index (χ1v) is 7.08. The Balaban J connectivity index is 2.43. The van der Waals surface area contributed by atoms with E-state index in [0.717, 1.165) is 22.7 Å². The molecular weight excluding hydrogens is 270 g/mol. The molecule has 1 aromatic carbocycles. The summed E-state index contributed by atoms with van der Waals surface area (Å²) >= 11 is 5.90. The van der Waals surface area contributed by atoms with Crippen LogP contribution >= 0.6 is 11.6 Å². The van der Waals surface area contributed by atoms with Crippen LogP contribution in [0.1, 0.15) is 43.3 Å². The molecule has 0 spiro atoms. The lowest BCUT2D eigenvalue weighted by molar-refractivity contribution is 0.514. The molecule has 104 valence electrons. The third kappa shape index (κ3) is 2.81. The predicted octanol–water partition coefficient (Wildman–Crippen LogP) is 4.16. The minimum Gasteiger partial charge on any atom is -0.397 e. The van der Waals surface area contributed by atoms with Gasteiger partial charge in [0.25, 0.3) is 0 Å². The summed E-state index contributed by atoms with van der Waals surface area (Å²) in [5, 5.41) is 9.98. The first-order chi connectivity index (χ1) is 9.56. The van der Waals surface area contributed by atoms with Crippen LogP contribution in [0.4, 0.5) is 5.69 Å². The number of nitrogens with zero attached hydrogens (tertiary/aromatic N) is 2. The fraction of sp³-hybridized carbons (Fsp3) is 0.312. The Labute approximate surface area is 124 Å². The molecule has 0 unspecified atom stereocenters. The molecule has 0 aliphatic rings. The molecular formula is C16H18ClN3. The van der Waals surface area contributed by atoms with Crippen molar-refractivity contribution in [1.29, 1.82) is 5.26 Å². The number of nitrogens with two attached hydrogens (primary N) is 1. The SMILES string of the molecule is CC[C@@H](C)n1c(C#N)cc(N)c1Cc1ccc(Cl)cc1. The molecule has 20 heavy (non-hydrogen) atoms. The van der Waals surface area contributed by atoms with Crippen LogP contribution in [0, 0.1) is 11.3 Å². The summed E-state index contributed by atoms with van der Waals surface area (Å²) in [7, 11) is 0. The first-order valence-electron chi connectivity index (χ1n) is 6.71. The molecule has 2 rings (SSSR count). The number of rotatable bonds is 4. The van der Waals surface area contributed by atoms with Gasteiger partial charge in [-0.2, -0.15) is 5.26 Å². The second-order valence-electron chi connectivity index (χ2n) is 4.97. The van der Waals surface area contributed by atoms with Gasteiger partial charge in [-0.05, 0) is 37.1 Å². The summed E-state index contributed by atoms with van der Waals surface area (Å²) in [5.74, 6) is 0. The lowest BCUT2D eigenvalue weighted by Crippen LogP contribution is -2.11. The van der Waals surface area contributed by atoms with Crippen LogP contribution in [0.15, 0.2) is 30.3 Å². The zero-order valence-electron chi connectivity index (χ0n) is 11.7. The smallest absolute Gasteiger partial charge is 0.122 e. The van der Waals surface area contributed by atoms with Crippen LogP contribution in [0.2, 0.25) is 5.02 Å². The molecule has 0 fully saturated rings. The number of hydrogen-bond acceptors (Lipinski definition) is 2. The van der Waals surface area contributed by atoms with Gasteiger partial charge >= 0.3 is 0 Å². The molecule has 1 atom stereocenters. The van der Waals surface area contributed by atoms with Crippen molar-refractivity contribution in [1.82, 2.24) is 4.57 Å². The van der Waals surface area contributed by atoms with Crippen LogP contribution in [0.3, 0.4) is 0 Å². The average molecular weight is 288 g/mol. The van der Waals surface area contributed by atoms with Crippen LogP contribution in [0.5, 0.6) is 0 Å². The fourth-order valence-electron chi connectivity index (χ4n) is 2.34. The summed E-state index contributed by atoms with van der Waals surface area (Å²) < 4.78 is 2.05. The lowest BCUT2D eigenvalue weighted by Gasteiger charge is -2.17. The van der Waals surface area contributed by atoms with Crippen molar-refractivity contribution < 1.29 is 0 Å². The van der Waals surface area contributed by atoms with E-state index in [-0.39, 0.29) is 6.04 Å². The van der Waals surface area contributed by atoms with E-state index in [4.69, 9.17) is 17.3 Å². The standard InChI is InChI=1S/C16H18ClN3/c1-3-11(2)20-14(10-18)9-15(19)16(20)8-12-4-6-13(17)7-5-12/h4-7,9,11H,3,8,19H2,1-2H3/t11-/m1/s1. The highest BCUT2D eigenvalue weighted by Crippen LogP contribution is 2.27. The Kier molecular flexibility index (Phi) is 4.36. The van der Waals surface area contributed by atoms with Crippen molar-refractivity contribution >= 4 is 17.3 Å². The number of hydrogen-bond donors (Lipinski definition) is 1.